The van der Waals surface area contributed by atoms with Crippen LogP contribution >= 0.6 is 0 Å². The molecule has 110 valence electrons. The summed E-state index contributed by atoms with van der Waals surface area (Å²) in [6.45, 7) is 2.53. The molecule has 4 nitrogen and oxygen atoms in total. The molecule has 1 aromatic carbocycles. The third-order valence-corrected chi connectivity index (χ3v) is 3.62. The molecule has 0 saturated carbocycles. The first-order chi connectivity index (χ1) is 9.49. The van der Waals surface area contributed by atoms with Gasteiger partial charge in [0.25, 0.3) is 0 Å². The van der Waals surface area contributed by atoms with Crippen molar-refractivity contribution in [3.8, 4) is 0 Å². The second-order valence-corrected chi connectivity index (χ2v) is 5.25. The largest absolute Gasteiger partial charge is 0.478 e. The van der Waals surface area contributed by atoms with Crippen LogP contribution in [0.1, 0.15) is 23.2 Å². The summed E-state index contributed by atoms with van der Waals surface area (Å²) in [6, 6.07) is 2.35. The zero-order chi connectivity index (χ0) is 14.7. The minimum absolute atomic E-state index is 0.0146. The van der Waals surface area contributed by atoms with Crippen LogP contribution in [0.15, 0.2) is 12.1 Å². The zero-order valence-electron chi connectivity index (χ0n) is 11.3. The Bertz CT molecular complexity index is 508. The summed E-state index contributed by atoms with van der Waals surface area (Å²) in [4.78, 5) is 12.9. The number of likely N-dealkylation sites (tertiary alicyclic amines) is 1. The van der Waals surface area contributed by atoms with Crippen LogP contribution in [0.2, 0.25) is 0 Å². The summed E-state index contributed by atoms with van der Waals surface area (Å²) in [7, 11) is 2.04. The standard InChI is InChI=1S/C14H18F2N2O2/c1-18-6-2-3-9(8-18)7-17-11-5-4-10(14(19)20)12(15)13(11)16/h4-5,9,17H,2-3,6-8H2,1H3,(H,19,20). The lowest BCUT2D eigenvalue weighted by Crippen LogP contribution is -2.35. The van der Waals surface area contributed by atoms with E-state index in [1.807, 2.05) is 7.05 Å². The van der Waals surface area contributed by atoms with Crippen LogP contribution in [0, 0.1) is 17.6 Å². The van der Waals surface area contributed by atoms with E-state index in [9.17, 15) is 13.6 Å². The van der Waals surface area contributed by atoms with Crippen molar-refractivity contribution in [1.82, 2.24) is 4.90 Å². The van der Waals surface area contributed by atoms with E-state index in [0.717, 1.165) is 32.0 Å². The monoisotopic (exact) mass is 284 g/mol. The van der Waals surface area contributed by atoms with E-state index in [-0.39, 0.29) is 5.69 Å². The number of halogens is 2. The number of aromatic carboxylic acids is 1. The second kappa shape index (κ2) is 6.17. The fraction of sp³-hybridized carbons (Fsp3) is 0.500. The molecule has 0 radical (unpaired) electrons. The van der Waals surface area contributed by atoms with Crippen molar-refractivity contribution in [1.29, 1.82) is 0 Å². The molecule has 20 heavy (non-hydrogen) atoms. The maximum Gasteiger partial charge on any atom is 0.338 e. The summed E-state index contributed by atoms with van der Waals surface area (Å²) in [6.07, 6.45) is 2.15. The minimum Gasteiger partial charge on any atom is -0.478 e. The predicted octanol–water partition coefficient (Wildman–Crippen LogP) is 2.42. The highest BCUT2D eigenvalue weighted by molar-refractivity contribution is 5.88. The molecule has 0 spiro atoms. The lowest BCUT2D eigenvalue weighted by molar-refractivity contribution is 0.0690. The van der Waals surface area contributed by atoms with Gasteiger partial charge in [-0.3, -0.25) is 0 Å². The number of piperidine rings is 1. The molecule has 1 heterocycles. The van der Waals surface area contributed by atoms with E-state index >= 15 is 0 Å². The first kappa shape index (κ1) is 14.7. The molecular weight excluding hydrogens is 266 g/mol. The van der Waals surface area contributed by atoms with Gasteiger partial charge in [-0.25, -0.2) is 13.6 Å². The Kier molecular flexibility index (Phi) is 4.54. The molecule has 1 unspecified atom stereocenters. The number of nitrogens with one attached hydrogen (secondary N) is 1. The molecule has 6 heteroatoms. The SMILES string of the molecule is CN1CCCC(CNc2ccc(C(=O)O)c(F)c2F)C1. The number of hydrogen-bond acceptors (Lipinski definition) is 3. The number of carboxylic acid groups (broad SMARTS) is 1. The minimum atomic E-state index is -1.47. The van der Waals surface area contributed by atoms with Gasteiger partial charge < -0.3 is 15.3 Å². The van der Waals surface area contributed by atoms with Gasteiger partial charge in [0.2, 0.25) is 0 Å². The van der Waals surface area contributed by atoms with E-state index < -0.39 is 23.2 Å². The number of rotatable bonds is 4. The van der Waals surface area contributed by atoms with E-state index in [1.165, 1.54) is 6.07 Å². The highest BCUT2D eigenvalue weighted by Crippen LogP contribution is 2.22. The van der Waals surface area contributed by atoms with E-state index in [4.69, 9.17) is 5.11 Å². The van der Waals surface area contributed by atoms with Crippen molar-refractivity contribution in [3.63, 3.8) is 0 Å². The van der Waals surface area contributed by atoms with Gasteiger partial charge in [-0.05, 0) is 44.5 Å². The van der Waals surface area contributed by atoms with Crippen molar-refractivity contribution < 1.29 is 18.7 Å². The third-order valence-electron chi connectivity index (χ3n) is 3.62. The van der Waals surface area contributed by atoms with E-state index in [0.29, 0.717) is 12.5 Å². The summed E-state index contributed by atoms with van der Waals surface area (Å²) >= 11 is 0. The van der Waals surface area contributed by atoms with Gasteiger partial charge >= 0.3 is 5.97 Å². The Morgan fingerprint density at radius 3 is 2.85 bits per heavy atom. The molecule has 1 aliphatic rings. The highest BCUT2D eigenvalue weighted by Gasteiger charge is 2.20. The van der Waals surface area contributed by atoms with Gasteiger partial charge in [0.15, 0.2) is 11.6 Å². The fourth-order valence-electron chi connectivity index (χ4n) is 2.55. The first-order valence-corrected chi connectivity index (χ1v) is 6.62. The number of carboxylic acids is 1. The van der Waals surface area contributed by atoms with Crippen molar-refractivity contribution in [2.45, 2.75) is 12.8 Å². The number of hydrogen-bond donors (Lipinski definition) is 2. The quantitative estimate of drug-likeness (QED) is 0.891. The third kappa shape index (κ3) is 3.25. The van der Waals surface area contributed by atoms with Crippen LogP contribution in [0.25, 0.3) is 0 Å². The molecule has 1 atom stereocenters. The zero-order valence-corrected chi connectivity index (χ0v) is 11.3. The van der Waals surface area contributed by atoms with Crippen molar-refractivity contribution in [2.24, 2.45) is 5.92 Å². The molecule has 1 saturated heterocycles. The van der Waals surface area contributed by atoms with Crippen LogP contribution in [-0.4, -0.2) is 42.7 Å². The molecule has 0 bridgehead atoms. The smallest absolute Gasteiger partial charge is 0.338 e. The molecule has 1 aromatic rings. The summed E-state index contributed by atoms with van der Waals surface area (Å²) in [5, 5.41) is 11.6. The fourth-order valence-corrected chi connectivity index (χ4v) is 2.55. The van der Waals surface area contributed by atoms with Gasteiger partial charge in [-0.2, -0.15) is 0 Å². The van der Waals surface area contributed by atoms with Gasteiger partial charge in [-0.15, -0.1) is 0 Å². The van der Waals surface area contributed by atoms with Crippen LogP contribution < -0.4 is 5.32 Å². The summed E-state index contributed by atoms with van der Waals surface area (Å²) in [5.74, 6) is -3.53. The molecular formula is C14H18F2N2O2. The van der Waals surface area contributed by atoms with Crippen molar-refractivity contribution in [2.75, 3.05) is 32.0 Å². The molecule has 1 aliphatic heterocycles. The summed E-state index contributed by atoms with van der Waals surface area (Å²) < 4.78 is 27.3. The summed E-state index contributed by atoms with van der Waals surface area (Å²) in [5.41, 5.74) is -0.633. The average molecular weight is 284 g/mol. The molecule has 2 rings (SSSR count). The lowest BCUT2D eigenvalue weighted by atomic mass is 9.98. The Labute approximate surface area is 116 Å². The van der Waals surface area contributed by atoms with Crippen molar-refractivity contribution >= 4 is 11.7 Å². The number of benzene rings is 1. The Balaban J connectivity index is 2.03. The highest BCUT2D eigenvalue weighted by atomic mass is 19.2. The molecule has 2 N–H and O–H groups in total. The van der Waals surface area contributed by atoms with E-state index in [1.54, 1.807) is 0 Å². The van der Waals surface area contributed by atoms with Gasteiger partial charge in [-0.1, -0.05) is 0 Å². The Morgan fingerprint density at radius 2 is 2.20 bits per heavy atom. The van der Waals surface area contributed by atoms with E-state index in [2.05, 4.69) is 10.2 Å². The normalized spacial score (nSPS) is 19.9. The molecule has 0 amide bonds. The van der Waals surface area contributed by atoms with Crippen LogP contribution in [-0.2, 0) is 0 Å². The van der Waals surface area contributed by atoms with Crippen LogP contribution in [0.3, 0.4) is 0 Å². The molecule has 0 aromatic heterocycles. The van der Waals surface area contributed by atoms with Crippen LogP contribution in [0.5, 0.6) is 0 Å². The Hall–Kier alpha value is -1.69. The van der Waals surface area contributed by atoms with Crippen LogP contribution in [0.4, 0.5) is 14.5 Å². The van der Waals surface area contributed by atoms with Crippen molar-refractivity contribution in [3.05, 3.63) is 29.3 Å². The van der Waals surface area contributed by atoms with Gasteiger partial charge in [0, 0.05) is 13.1 Å². The molecule has 0 aliphatic carbocycles. The maximum atomic E-state index is 13.7. The lowest BCUT2D eigenvalue weighted by Gasteiger charge is -2.30. The number of nitrogens with zero attached hydrogens (tertiary/aromatic N) is 1. The average Bonchev–Trinajstić information content (AvgIpc) is 2.40. The topological polar surface area (TPSA) is 52.6 Å². The maximum absolute atomic E-state index is 13.7. The first-order valence-electron chi connectivity index (χ1n) is 6.62. The molecule has 1 fully saturated rings. The predicted molar refractivity (Wildman–Crippen MR) is 72.0 cm³/mol. The van der Waals surface area contributed by atoms with Gasteiger partial charge in [0.05, 0.1) is 11.3 Å². The number of anilines is 1. The van der Waals surface area contributed by atoms with Gasteiger partial charge in [0.1, 0.15) is 0 Å². The number of carbonyl (C=O) groups is 1. The second-order valence-electron chi connectivity index (χ2n) is 5.25. The Morgan fingerprint density at radius 1 is 1.45 bits per heavy atom.